The molecule has 2 aliphatic rings. The van der Waals surface area contributed by atoms with Crippen LogP contribution in [-0.2, 0) is 9.63 Å². The minimum absolute atomic E-state index is 0.0825. The number of hydrogen-bond donors (Lipinski definition) is 0. The van der Waals surface area contributed by atoms with Gasteiger partial charge in [0, 0.05) is 19.5 Å². The van der Waals surface area contributed by atoms with Crippen molar-refractivity contribution in [3.8, 4) is 0 Å². The normalized spacial score (nSPS) is 26.0. The number of rotatable bonds is 2. The van der Waals surface area contributed by atoms with Gasteiger partial charge in [-0.15, -0.1) is 0 Å². The van der Waals surface area contributed by atoms with Crippen molar-refractivity contribution in [2.24, 2.45) is 5.16 Å². The molecule has 21 heavy (non-hydrogen) atoms. The van der Waals surface area contributed by atoms with Crippen LogP contribution in [0.2, 0.25) is 0 Å². The molecule has 0 bridgehead atoms. The van der Waals surface area contributed by atoms with E-state index in [4.69, 9.17) is 4.84 Å². The summed E-state index contributed by atoms with van der Waals surface area (Å²) in [5.41, 5.74) is 1.06. The van der Waals surface area contributed by atoms with E-state index >= 15 is 0 Å². The van der Waals surface area contributed by atoms with E-state index in [9.17, 15) is 4.79 Å². The molecule has 1 aromatic rings. The predicted octanol–water partition coefficient (Wildman–Crippen LogP) is 2.97. The van der Waals surface area contributed by atoms with Gasteiger partial charge in [0.2, 0.25) is 5.60 Å². The molecule has 0 radical (unpaired) electrons. The lowest BCUT2D eigenvalue weighted by Crippen LogP contribution is -2.47. The monoisotopic (exact) mass is 286 g/mol. The van der Waals surface area contributed by atoms with E-state index < -0.39 is 5.60 Å². The molecule has 3 rings (SSSR count). The Morgan fingerprint density at radius 3 is 2.48 bits per heavy atom. The molecule has 1 aromatic carbocycles. The summed E-state index contributed by atoms with van der Waals surface area (Å²) in [5, 5.41) is 4.17. The third kappa shape index (κ3) is 2.94. The molecule has 1 saturated heterocycles. The maximum absolute atomic E-state index is 12.8. The molecule has 0 N–H and O–H groups in total. The van der Waals surface area contributed by atoms with Crippen molar-refractivity contribution in [3.05, 3.63) is 35.9 Å². The van der Waals surface area contributed by atoms with Crippen LogP contribution in [0.4, 0.5) is 0 Å². The molecular formula is C17H22N2O2. The van der Waals surface area contributed by atoms with Crippen LogP contribution in [0, 0.1) is 0 Å². The molecule has 0 unspecified atom stereocenters. The van der Waals surface area contributed by atoms with Crippen molar-refractivity contribution >= 4 is 11.6 Å². The van der Waals surface area contributed by atoms with E-state index in [0.29, 0.717) is 6.42 Å². The van der Waals surface area contributed by atoms with Gasteiger partial charge in [-0.05, 0) is 25.3 Å². The van der Waals surface area contributed by atoms with Crippen molar-refractivity contribution < 1.29 is 9.63 Å². The molecule has 0 aliphatic carbocycles. The second-order valence-corrected chi connectivity index (χ2v) is 6.11. The Kier molecular flexibility index (Phi) is 3.95. The summed E-state index contributed by atoms with van der Waals surface area (Å²) >= 11 is 0. The van der Waals surface area contributed by atoms with Gasteiger partial charge in [0.05, 0.1) is 5.71 Å². The van der Waals surface area contributed by atoms with Gasteiger partial charge >= 0.3 is 0 Å². The summed E-state index contributed by atoms with van der Waals surface area (Å²) < 4.78 is 0. The van der Waals surface area contributed by atoms with Crippen molar-refractivity contribution in [2.75, 3.05) is 13.1 Å². The Morgan fingerprint density at radius 2 is 1.81 bits per heavy atom. The lowest BCUT2D eigenvalue weighted by molar-refractivity contribution is -0.153. The van der Waals surface area contributed by atoms with Crippen LogP contribution in [0.3, 0.4) is 0 Å². The highest BCUT2D eigenvalue weighted by Crippen LogP contribution is 2.29. The van der Waals surface area contributed by atoms with Crippen LogP contribution in [0.1, 0.15) is 44.6 Å². The summed E-state index contributed by atoms with van der Waals surface area (Å²) in [7, 11) is 0. The zero-order valence-electron chi connectivity index (χ0n) is 12.5. The Labute approximate surface area is 125 Å². The lowest BCUT2D eigenvalue weighted by Gasteiger charge is -2.29. The molecule has 4 nitrogen and oxygen atoms in total. The van der Waals surface area contributed by atoms with Gasteiger partial charge in [-0.3, -0.25) is 4.79 Å². The van der Waals surface area contributed by atoms with Gasteiger partial charge < -0.3 is 9.74 Å². The first-order valence-electron chi connectivity index (χ1n) is 7.79. The van der Waals surface area contributed by atoms with Crippen LogP contribution in [-0.4, -0.2) is 35.2 Å². The number of carbonyl (C=O) groups is 1. The van der Waals surface area contributed by atoms with Crippen molar-refractivity contribution in [2.45, 2.75) is 44.6 Å². The van der Waals surface area contributed by atoms with E-state index in [2.05, 4.69) is 5.16 Å². The summed E-state index contributed by atoms with van der Waals surface area (Å²) in [6.45, 7) is 3.55. The Bertz CT molecular complexity index is 533. The number of hydrogen-bond acceptors (Lipinski definition) is 3. The standard InChI is InChI=1S/C17H22N2O2/c1-17(16(20)19-11-7-2-3-8-12-19)13-15(18-21-17)14-9-5-4-6-10-14/h4-6,9-10H,2-3,7-8,11-13H2,1H3/t17-/m1/s1. The fraction of sp³-hybridized carbons (Fsp3) is 0.529. The molecule has 2 heterocycles. The quantitative estimate of drug-likeness (QED) is 0.838. The Hall–Kier alpha value is -1.84. The smallest absolute Gasteiger partial charge is 0.269 e. The number of oxime groups is 1. The van der Waals surface area contributed by atoms with Crippen LogP contribution in [0.25, 0.3) is 0 Å². The fourth-order valence-corrected chi connectivity index (χ4v) is 3.05. The maximum Gasteiger partial charge on any atom is 0.269 e. The number of likely N-dealkylation sites (tertiary alicyclic amines) is 1. The van der Waals surface area contributed by atoms with Crippen molar-refractivity contribution in [1.82, 2.24) is 4.90 Å². The minimum atomic E-state index is -0.838. The average Bonchev–Trinajstić information content (AvgIpc) is 2.75. The third-order valence-corrected chi connectivity index (χ3v) is 4.31. The first-order chi connectivity index (χ1) is 10.2. The molecule has 112 valence electrons. The summed E-state index contributed by atoms with van der Waals surface area (Å²) in [6, 6.07) is 9.93. The Morgan fingerprint density at radius 1 is 1.14 bits per heavy atom. The van der Waals surface area contributed by atoms with Gasteiger partial charge in [0.25, 0.3) is 5.91 Å². The second kappa shape index (κ2) is 5.88. The van der Waals surface area contributed by atoms with Crippen molar-refractivity contribution in [3.63, 3.8) is 0 Å². The molecule has 0 aromatic heterocycles. The maximum atomic E-state index is 12.8. The molecule has 1 atom stereocenters. The highest BCUT2D eigenvalue weighted by Gasteiger charge is 2.44. The van der Waals surface area contributed by atoms with Crippen molar-refractivity contribution in [1.29, 1.82) is 0 Å². The van der Waals surface area contributed by atoms with E-state index in [1.165, 1.54) is 12.8 Å². The van der Waals surface area contributed by atoms with Crippen LogP contribution < -0.4 is 0 Å². The van der Waals surface area contributed by atoms with Gasteiger partial charge in [0.1, 0.15) is 0 Å². The van der Waals surface area contributed by atoms with E-state index in [0.717, 1.165) is 37.2 Å². The topological polar surface area (TPSA) is 41.9 Å². The van der Waals surface area contributed by atoms with E-state index in [1.54, 1.807) is 0 Å². The molecule has 1 amide bonds. The Balaban J connectivity index is 1.70. The number of nitrogens with zero attached hydrogens (tertiary/aromatic N) is 2. The SMILES string of the molecule is C[C@]1(C(=O)N2CCCCCC2)CC(c2ccccc2)=NO1. The zero-order chi connectivity index (χ0) is 14.7. The zero-order valence-corrected chi connectivity index (χ0v) is 12.5. The number of benzene rings is 1. The highest BCUT2D eigenvalue weighted by atomic mass is 16.7. The van der Waals surface area contributed by atoms with Crippen LogP contribution >= 0.6 is 0 Å². The summed E-state index contributed by atoms with van der Waals surface area (Å²) in [4.78, 5) is 20.3. The molecule has 0 spiro atoms. The number of carbonyl (C=O) groups excluding carboxylic acids is 1. The average molecular weight is 286 g/mol. The van der Waals surface area contributed by atoms with Crippen LogP contribution in [0.5, 0.6) is 0 Å². The minimum Gasteiger partial charge on any atom is -0.379 e. The summed E-state index contributed by atoms with van der Waals surface area (Å²) in [6.07, 6.45) is 5.16. The molecule has 1 fully saturated rings. The third-order valence-electron chi connectivity index (χ3n) is 4.31. The molecule has 0 saturated carbocycles. The molecule has 4 heteroatoms. The van der Waals surface area contributed by atoms with Gasteiger partial charge in [-0.1, -0.05) is 48.3 Å². The first-order valence-corrected chi connectivity index (χ1v) is 7.79. The lowest BCUT2D eigenvalue weighted by atomic mass is 9.94. The first kappa shape index (κ1) is 14.1. The largest absolute Gasteiger partial charge is 0.379 e. The summed E-state index contributed by atoms with van der Waals surface area (Å²) in [5.74, 6) is 0.0825. The second-order valence-electron chi connectivity index (χ2n) is 6.11. The fourth-order valence-electron chi connectivity index (χ4n) is 3.05. The number of amides is 1. The molecular weight excluding hydrogens is 264 g/mol. The predicted molar refractivity (Wildman–Crippen MR) is 82.1 cm³/mol. The van der Waals surface area contributed by atoms with Crippen LogP contribution in [0.15, 0.2) is 35.5 Å². The van der Waals surface area contributed by atoms with E-state index in [-0.39, 0.29) is 5.91 Å². The highest BCUT2D eigenvalue weighted by molar-refractivity contribution is 6.05. The van der Waals surface area contributed by atoms with Gasteiger partial charge in [-0.2, -0.15) is 0 Å². The van der Waals surface area contributed by atoms with E-state index in [1.807, 2.05) is 42.2 Å². The van der Waals surface area contributed by atoms with Gasteiger partial charge in [0.15, 0.2) is 0 Å². The van der Waals surface area contributed by atoms with Gasteiger partial charge in [-0.25, -0.2) is 0 Å². The molecule has 2 aliphatic heterocycles.